The number of benzene rings is 2. The first-order chi connectivity index (χ1) is 15.7. The quantitative estimate of drug-likeness (QED) is 0.592. The molecule has 180 valence electrons. The minimum absolute atomic E-state index is 0.0976. The lowest BCUT2D eigenvalue weighted by molar-refractivity contribution is -0.149. The van der Waals surface area contributed by atoms with E-state index in [2.05, 4.69) is 4.90 Å². The molecule has 8 heteroatoms. The second-order valence-corrected chi connectivity index (χ2v) is 9.94. The predicted molar refractivity (Wildman–Crippen MR) is 126 cm³/mol. The number of rotatable bonds is 6. The van der Waals surface area contributed by atoms with Crippen LogP contribution in [0.1, 0.15) is 24.8 Å². The van der Waals surface area contributed by atoms with Crippen molar-refractivity contribution in [3.8, 4) is 5.75 Å². The number of ether oxygens (including phenoxy) is 1. The number of halogens is 2. The maximum Gasteiger partial charge on any atom is 0.138 e. The number of β-amino-alcohol motifs (C(OH)–C–C–N with tert-alkyl or cyclic N) is 2. The number of likely N-dealkylation sites (tertiary alicyclic amines) is 1. The summed E-state index contributed by atoms with van der Waals surface area (Å²) in [6.45, 7) is 4.22. The lowest BCUT2D eigenvalue weighted by atomic mass is 9.86. The Morgan fingerprint density at radius 2 is 1.88 bits per heavy atom. The van der Waals surface area contributed by atoms with Crippen LogP contribution in [0.2, 0.25) is 5.02 Å². The van der Waals surface area contributed by atoms with E-state index in [1.165, 1.54) is 12.1 Å². The number of aliphatic hydroxyl groups is 3. The summed E-state index contributed by atoms with van der Waals surface area (Å²) in [5, 5.41) is 33.4. The average Bonchev–Trinajstić information content (AvgIpc) is 2.77. The van der Waals surface area contributed by atoms with E-state index in [-0.39, 0.29) is 19.0 Å². The molecule has 2 aliphatic rings. The Morgan fingerprint density at radius 1 is 1.12 bits per heavy atom. The molecule has 0 radical (unpaired) electrons. The van der Waals surface area contributed by atoms with Gasteiger partial charge in [0.2, 0.25) is 0 Å². The standard InChI is InChI=1S/C25H32ClFN2O4/c1-18-5-6-21(26)22(13-18)33-17-25(32)16-28(10-7-23(25)30)15-24(31)8-11-29(12-9-24)20-4-2-3-19(27)14-20/h2-6,13-14,23,30-32H,7-12,15-17H2,1H3/t23-,25-/m0/s1. The van der Waals surface area contributed by atoms with Crippen molar-refractivity contribution in [1.82, 2.24) is 4.90 Å². The summed E-state index contributed by atoms with van der Waals surface area (Å²) in [4.78, 5) is 4.07. The van der Waals surface area contributed by atoms with Gasteiger partial charge in [-0.25, -0.2) is 4.39 Å². The molecule has 6 nitrogen and oxygen atoms in total. The summed E-state index contributed by atoms with van der Waals surface area (Å²) in [5.74, 6) is 0.200. The van der Waals surface area contributed by atoms with Crippen LogP contribution in [-0.4, -0.2) is 76.9 Å². The maximum absolute atomic E-state index is 13.6. The first-order valence-corrected chi connectivity index (χ1v) is 11.8. The molecule has 3 N–H and O–H groups in total. The van der Waals surface area contributed by atoms with Crippen LogP contribution < -0.4 is 9.64 Å². The molecular formula is C25H32ClFN2O4. The Hall–Kier alpha value is -1.90. The monoisotopic (exact) mass is 478 g/mol. The average molecular weight is 479 g/mol. The van der Waals surface area contributed by atoms with Crippen LogP contribution in [0.5, 0.6) is 5.75 Å². The first kappa shape index (κ1) is 24.2. The van der Waals surface area contributed by atoms with Gasteiger partial charge >= 0.3 is 0 Å². The van der Waals surface area contributed by atoms with Crippen molar-refractivity contribution in [3.05, 3.63) is 58.9 Å². The van der Waals surface area contributed by atoms with E-state index in [0.29, 0.717) is 56.2 Å². The third-order valence-electron chi connectivity index (χ3n) is 6.79. The minimum Gasteiger partial charge on any atom is -0.489 e. The van der Waals surface area contributed by atoms with Crippen LogP contribution in [0, 0.1) is 12.7 Å². The molecule has 2 aromatic carbocycles. The fourth-order valence-electron chi connectivity index (χ4n) is 4.77. The van der Waals surface area contributed by atoms with Gasteiger partial charge in [-0.1, -0.05) is 23.7 Å². The number of aryl methyl sites for hydroxylation is 1. The number of aliphatic hydroxyl groups excluding tert-OH is 1. The van der Waals surface area contributed by atoms with Crippen molar-refractivity contribution in [1.29, 1.82) is 0 Å². The molecule has 2 fully saturated rings. The Morgan fingerprint density at radius 3 is 2.61 bits per heavy atom. The zero-order valence-corrected chi connectivity index (χ0v) is 19.6. The van der Waals surface area contributed by atoms with Crippen LogP contribution in [0.25, 0.3) is 0 Å². The van der Waals surface area contributed by atoms with E-state index >= 15 is 0 Å². The molecular weight excluding hydrogens is 447 g/mol. The largest absolute Gasteiger partial charge is 0.489 e. The zero-order chi connectivity index (χ0) is 23.6. The van der Waals surface area contributed by atoms with Gasteiger partial charge in [-0.05, 0) is 62.1 Å². The molecule has 2 aliphatic heterocycles. The number of piperidine rings is 2. The highest BCUT2D eigenvalue weighted by molar-refractivity contribution is 6.32. The van der Waals surface area contributed by atoms with Crippen LogP contribution in [0.15, 0.2) is 42.5 Å². The fourth-order valence-corrected chi connectivity index (χ4v) is 4.95. The number of hydrogen-bond donors (Lipinski definition) is 3. The van der Waals surface area contributed by atoms with Gasteiger partial charge in [0, 0.05) is 38.4 Å². The highest BCUT2D eigenvalue weighted by Gasteiger charge is 2.44. The van der Waals surface area contributed by atoms with Gasteiger partial charge in [-0.3, -0.25) is 4.90 Å². The summed E-state index contributed by atoms with van der Waals surface area (Å²) in [6.07, 6.45) is 0.529. The van der Waals surface area contributed by atoms with Gasteiger partial charge in [-0.2, -0.15) is 0 Å². The molecule has 2 saturated heterocycles. The molecule has 0 aromatic heterocycles. The smallest absolute Gasteiger partial charge is 0.138 e. The maximum atomic E-state index is 13.6. The summed E-state index contributed by atoms with van der Waals surface area (Å²) in [5.41, 5.74) is -0.573. The SMILES string of the molecule is Cc1ccc(Cl)c(OC[C@@]2(O)CN(CC3(O)CCN(c4cccc(F)c4)CC3)CC[C@@H]2O)c1. The summed E-state index contributed by atoms with van der Waals surface area (Å²) >= 11 is 6.20. The van der Waals surface area contributed by atoms with Crippen molar-refractivity contribution in [2.24, 2.45) is 0 Å². The highest BCUT2D eigenvalue weighted by Crippen LogP contribution is 2.31. The fraction of sp³-hybridized carbons (Fsp3) is 0.520. The summed E-state index contributed by atoms with van der Waals surface area (Å²) in [6, 6.07) is 11.9. The molecule has 2 aromatic rings. The molecule has 0 bridgehead atoms. The Bertz CT molecular complexity index is 969. The van der Waals surface area contributed by atoms with Gasteiger partial charge < -0.3 is 25.0 Å². The Kier molecular flexibility index (Phi) is 7.17. The normalized spacial score (nSPS) is 25.8. The van der Waals surface area contributed by atoms with Gasteiger partial charge in [0.25, 0.3) is 0 Å². The Labute approximate surface area is 199 Å². The lowest BCUT2D eigenvalue weighted by Crippen LogP contribution is -2.62. The van der Waals surface area contributed by atoms with E-state index in [1.807, 2.05) is 24.0 Å². The van der Waals surface area contributed by atoms with E-state index < -0.39 is 17.3 Å². The zero-order valence-electron chi connectivity index (χ0n) is 18.9. The van der Waals surface area contributed by atoms with Crippen LogP contribution in [0.4, 0.5) is 10.1 Å². The molecule has 4 rings (SSSR count). The van der Waals surface area contributed by atoms with Crippen molar-refractivity contribution < 1.29 is 24.4 Å². The third-order valence-corrected chi connectivity index (χ3v) is 7.10. The topological polar surface area (TPSA) is 76.4 Å². The number of hydrogen-bond acceptors (Lipinski definition) is 6. The second-order valence-electron chi connectivity index (χ2n) is 9.53. The number of anilines is 1. The second kappa shape index (κ2) is 9.76. The highest BCUT2D eigenvalue weighted by atomic mass is 35.5. The van der Waals surface area contributed by atoms with Crippen LogP contribution in [0.3, 0.4) is 0 Å². The number of nitrogens with zero attached hydrogens (tertiary/aromatic N) is 2. The van der Waals surface area contributed by atoms with E-state index in [1.54, 1.807) is 18.2 Å². The Balaban J connectivity index is 1.35. The molecule has 33 heavy (non-hydrogen) atoms. The van der Waals surface area contributed by atoms with Gasteiger partial charge in [0.15, 0.2) is 0 Å². The molecule has 2 heterocycles. The van der Waals surface area contributed by atoms with Crippen molar-refractivity contribution >= 4 is 17.3 Å². The van der Waals surface area contributed by atoms with Crippen molar-refractivity contribution in [2.45, 2.75) is 43.5 Å². The van der Waals surface area contributed by atoms with Gasteiger partial charge in [-0.15, -0.1) is 0 Å². The van der Waals surface area contributed by atoms with E-state index in [4.69, 9.17) is 16.3 Å². The third kappa shape index (κ3) is 5.78. The van der Waals surface area contributed by atoms with Crippen LogP contribution in [-0.2, 0) is 0 Å². The molecule has 0 amide bonds. The minimum atomic E-state index is -1.47. The summed E-state index contributed by atoms with van der Waals surface area (Å²) < 4.78 is 19.4. The molecule has 0 aliphatic carbocycles. The molecule has 2 atom stereocenters. The van der Waals surface area contributed by atoms with Gasteiger partial charge in [0.05, 0.1) is 16.7 Å². The molecule has 0 unspecified atom stereocenters. The first-order valence-electron chi connectivity index (χ1n) is 11.4. The predicted octanol–water partition coefficient (Wildman–Crippen LogP) is 3.00. The van der Waals surface area contributed by atoms with E-state index in [9.17, 15) is 19.7 Å². The lowest BCUT2D eigenvalue weighted by Gasteiger charge is -2.46. The van der Waals surface area contributed by atoms with Crippen molar-refractivity contribution in [3.63, 3.8) is 0 Å². The molecule has 0 saturated carbocycles. The van der Waals surface area contributed by atoms with Crippen LogP contribution >= 0.6 is 11.6 Å². The molecule has 0 spiro atoms. The summed E-state index contributed by atoms with van der Waals surface area (Å²) in [7, 11) is 0. The van der Waals surface area contributed by atoms with E-state index in [0.717, 1.165) is 11.3 Å². The van der Waals surface area contributed by atoms with Crippen molar-refractivity contribution in [2.75, 3.05) is 44.2 Å². The van der Waals surface area contributed by atoms with Gasteiger partial charge in [0.1, 0.15) is 23.8 Å².